The van der Waals surface area contributed by atoms with Crippen LogP contribution in [0.15, 0.2) is 16.6 Å². The molecule has 0 aliphatic rings. The minimum absolute atomic E-state index is 0.103. The molecule has 0 aromatic heterocycles. The van der Waals surface area contributed by atoms with Crippen molar-refractivity contribution < 1.29 is 4.43 Å². The molecule has 1 rings (SSSR count). The van der Waals surface area contributed by atoms with Gasteiger partial charge in [0.25, 0.3) is 0 Å². The number of alkyl halides is 1. The Labute approximate surface area is 123 Å². The molecule has 17 heavy (non-hydrogen) atoms. The van der Waals surface area contributed by atoms with Crippen molar-refractivity contribution in [2.45, 2.75) is 44.6 Å². The number of halogens is 2. The van der Waals surface area contributed by atoms with Gasteiger partial charge in [-0.05, 0) is 45.6 Å². The van der Waals surface area contributed by atoms with Crippen LogP contribution in [0, 0.1) is 0 Å². The molecule has 96 valence electrons. The summed E-state index contributed by atoms with van der Waals surface area (Å²) in [5.74, 6) is 1.04. The Hall–Kier alpha value is 0.197. The Bertz CT molecular complexity index is 397. The van der Waals surface area contributed by atoms with Gasteiger partial charge in [0, 0.05) is 5.33 Å². The van der Waals surface area contributed by atoms with Crippen LogP contribution in [0.3, 0.4) is 0 Å². The molecule has 4 heteroatoms. The minimum atomic E-state index is -1.10. The molecule has 0 amide bonds. The van der Waals surface area contributed by atoms with Crippen molar-refractivity contribution in [3.8, 4) is 5.75 Å². The third kappa shape index (κ3) is 3.83. The summed E-state index contributed by atoms with van der Waals surface area (Å²) in [5.41, 5.74) is 2.62. The lowest BCUT2D eigenvalue weighted by atomic mass is 9.86. The predicted octanol–water partition coefficient (Wildman–Crippen LogP) is 5.00. The van der Waals surface area contributed by atoms with E-state index in [1.165, 1.54) is 11.1 Å². The molecule has 0 saturated carbocycles. The summed E-state index contributed by atoms with van der Waals surface area (Å²) in [6.07, 6.45) is 0. The monoisotopic (exact) mass is 378 g/mol. The summed E-state index contributed by atoms with van der Waals surface area (Å²) in [6, 6.07) is 4.35. The zero-order chi connectivity index (χ0) is 13.2. The first-order valence-electron chi connectivity index (χ1n) is 5.82. The highest BCUT2D eigenvalue weighted by Crippen LogP contribution is 2.40. The maximum Gasteiger partial charge on any atom is 0.229 e. The topological polar surface area (TPSA) is 9.23 Å². The van der Waals surface area contributed by atoms with Crippen LogP contribution in [0.5, 0.6) is 5.75 Å². The van der Waals surface area contributed by atoms with E-state index >= 15 is 0 Å². The molecule has 0 atom stereocenters. The first kappa shape index (κ1) is 15.3. The van der Waals surface area contributed by atoms with Crippen LogP contribution >= 0.6 is 31.9 Å². The summed E-state index contributed by atoms with van der Waals surface area (Å²) >= 11 is 7.19. The van der Waals surface area contributed by atoms with Gasteiger partial charge in [-0.15, -0.1) is 0 Å². The van der Waals surface area contributed by atoms with Gasteiger partial charge in [0.15, 0.2) is 0 Å². The van der Waals surface area contributed by atoms with Crippen molar-refractivity contribution in [3.63, 3.8) is 0 Å². The fourth-order valence-corrected chi connectivity index (χ4v) is 3.95. The van der Waals surface area contributed by atoms with Gasteiger partial charge < -0.3 is 4.43 Å². The van der Waals surface area contributed by atoms with E-state index in [1.807, 2.05) is 0 Å². The summed E-state index contributed by atoms with van der Waals surface area (Å²) in [4.78, 5) is 0. The number of hydrogen-bond acceptors (Lipinski definition) is 1. The molecule has 0 radical (unpaired) electrons. The lowest BCUT2D eigenvalue weighted by molar-refractivity contribution is 0.517. The predicted molar refractivity (Wildman–Crippen MR) is 85.0 cm³/mol. The lowest BCUT2D eigenvalue weighted by Crippen LogP contribution is -2.19. The largest absolute Gasteiger partial charge is 0.546 e. The highest BCUT2D eigenvalue weighted by atomic mass is 79.9. The lowest BCUT2D eigenvalue weighted by Gasteiger charge is -2.26. The van der Waals surface area contributed by atoms with E-state index in [-0.39, 0.29) is 5.41 Å². The molecule has 0 aliphatic heterocycles. The molecule has 0 bridgehead atoms. The summed E-state index contributed by atoms with van der Waals surface area (Å²) in [5, 5.41) is 0.841. The average molecular weight is 380 g/mol. The van der Waals surface area contributed by atoms with E-state index in [9.17, 15) is 0 Å². The van der Waals surface area contributed by atoms with Crippen LogP contribution < -0.4 is 4.43 Å². The number of benzene rings is 1. The van der Waals surface area contributed by atoms with E-state index < -0.39 is 9.04 Å². The Kier molecular flexibility index (Phi) is 5.29. The van der Waals surface area contributed by atoms with Gasteiger partial charge in [0.05, 0.1) is 4.47 Å². The van der Waals surface area contributed by atoms with Crippen LogP contribution in [0.4, 0.5) is 0 Å². The maximum absolute atomic E-state index is 6.12. The van der Waals surface area contributed by atoms with E-state index in [1.54, 1.807) is 0 Å². The molecule has 0 N–H and O–H groups in total. The molecule has 1 aromatic rings. The first-order valence-corrected chi connectivity index (χ1v) is 10.5. The van der Waals surface area contributed by atoms with Crippen LogP contribution in [0.25, 0.3) is 0 Å². The highest BCUT2D eigenvalue weighted by molar-refractivity contribution is 9.11. The number of rotatable bonds is 3. The van der Waals surface area contributed by atoms with E-state index in [0.717, 1.165) is 15.6 Å². The summed E-state index contributed by atoms with van der Waals surface area (Å²) in [6.45, 7) is 11.0. The van der Waals surface area contributed by atoms with Crippen molar-refractivity contribution in [2.24, 2.45) is 0 Å². The van der Waals surface area contributed by atoms with Crippen LogP contribution in [0.1, 0.15) is 31.9 Å². The van der Waals surface area contributed by atoms with Gasteiger partial charge in [-0.2, -0.15) is 0 Å². The second-order valence-corrected chi connectivity index (χ2v) is 9.15. The first-order chi connectivity index (χ1) is 7.77. The standard InChI is InChI=1S/C13H20Br2OSi/c1-13(2,3)10-7-6-9(8-14)11(15)12(10)16-17(4)5/h6-7,17H,8H2,1-5H3. The fourth-order valence-electron chi connectivity index (χ4n) is 1.64. The third-order valence-corrected chi connectivity index (χ3v) is 4.66. The normalized spacial score (nSPS) is 12.0. The highest BCUT2D eigenvalue weighted by Gasteiger charge is 2.22. The maximum atomic E-state index is 6.12. The summed E-state index contributed by atoms with van der Waals surface area (Å²) < 4.78 is 7.22. The van der Waals surface area contributed by atoms with Crippen LogP contribution in [-0.2, 0) is 10.7 Å². The van der Waals surface area contributed by atoms with Crippen molar-refractivity contribution >= 4 is 40.9 Å². The average Bonchev–Trinajstić information content (AvgIpc) is 2.18. The van der Waals surface area contributed by atoms with Gasteiger partial charge >= 0.3 is 0 Å². The van der Waals surface area contributed by atoms with E-state index in [2.05, 4.69) is 77.9 Å². The zero-order valence-electron chi connectivity index (χ0n) is 11.1. The van der Waals surface area contributed by atoms with Crippen LogP contribution in [0.2, 0.25) is 13.1 Å². The Morgan fingerprint density at radius 2 is 1.82 bits per heavy atom. The molecular weight excluding hydrogens is 360 g/mol. The van der Waals surface area contributed by atoms with Crippen molar-refractivity contribution in [3.05, 3.63) is 27.7 Å². The van der Waals surface area contributed by atoms with Crippen LogP contribution in [-0.4, -0.2) is 9.04 Å². The smallest absolute Gasteiger partial charge is 0.229 e. The number of hydrogen-bond donors (Lipinski definition) is 0. The van der Waals surface area contributed by atoms with E-state index in [4.69, 9.17) is 4.43 Å². The fraction of sp³-hybridized carbons (Fsp3) is 0.538. The second-order valence-electron chi connectivity index (χ2n) is 5.47. The molecular formula is C13H20Br2OSi. The van der Waals surface area contributed by atoms with Gasteiger partial charge in [-0.1, -0.05) is 48.8 Å². The van der Waals surface area contributed by atoms with Gasteiger partial charge in [-0.3, -0.25) is 0 Å². The minimum Gasteiger partial charge on any atom is -0.546 e. The van der Waals surface area contributed by atoms with Gasteiger partial charge in [0.1, 0.15) is 5.75 Å². The Balaban J connectivity index is 3.36. The van der Waals surface area contributed by atoms with E-state index in [0.29, 0.717) is 0 Å². The molecule has 0 spiro atoms. The molecule has 1 nitrogen and oxygen atoms in total. The molecule has 0 heterocycles. The third-order valence-electron chi connectivity index (χ3n) is 2.48. The van der Waals surface area contributed by atoms with Crippen molar-refractivity contribution in [1.82, 2.24) is 0 Å². The van der Waals surface area contributed by atoms with Crippen molar-refractivity contribution in [2.75, 3.05) is 0 Å². The second kappa shape index (κ2) is 5.89. The zero-order valence-corrected chi connectivity index (χ0v) is 15.4. The van der Waals surface area contributed by atoms with Gasteiger partial charge in [0.2, 0.25) is 9.04 Å². The SMILES string of the molecule is C[SiH](C)Oc1c(C(C)(C)C)ccc(CBr)c1Br. The van der Waals surface area contributed by atoms with Gasteiger partial charge in [-0.25, -0.2) is 0 Å². The molecule has 1 aromatic carbocycles. The molecule has 0 unspecified atom stereocenters. The molecule has 0 fully saturated rings. The summed E-state index contributed by atoms with van der Waals surface area (Å²) in [7, 11) is -1.10. The molecule has 0 saturated heterocycles. The van der Waals surface area contributed by atoms with Crippen molar-refractivity contribution in [1.29, 1.82) is 0 Å². The quantitative estimate of drug-likeness (QED) is 0.530. The Morgan fingerprint density at radius 1 is 1.24 bits per heavy atom. The molecule has 0 aliphatic carbocycles. The Morgan fingerprint density at radius 3 is 2.24 bits per heavy atom.